The smallest absolute Gasteiger partial charge is 0.159 e. The van der Waals surface area contributed by atoms with Crippen LogP contribution in [0.3, 0.4) is 0 Å². The van der Waals surface area contributed by atoms with Gasteiger partial charge >= 0.3 is 0 Å². The van der Waals surface area contributed by atoms with E-state index < -0.39 is 0 Å². The molecule has 2 fully saturated rings. The van der Waals surface area contributed by atoms with Gasteiger partial charge in [-0.1, -0.05) is 31.1 Å². The molecule has 3 aliphatic carbocycles. The number of carbonyl (C=O) groups is 1. The van der Waals surface area contributed by atoms with Gasteiger partial charge in [0.2, 0.25) is 0 Å². The summed E-state index contributed by atoms with van der Waals surface area (Å²) in [4.78, 5) is 12.8. The fourth-order valence-electron chi connectivity index (χ4n) is 7.03. The lowest BCUT2D eigenvalue weighted by Gasteiger charge is -2.54. The number of phenolic OH excluding ortho intramolecular Hbond substituents is 1. The van der Waals surface area contributed by atoms with E-state index in [2.05, 4.69) is 13.8 Å². The number of aryl methyl sites for hydroxylation is 1. The Labute approximate surface area is 168 Å². The molecule has 152 valence electrons. The zero-order valence-corrected chi connectivity index (χ0v) is 17.3. The van der Waals surface area contributed by atoms with Gasteiger partial charge in [0.25, 0.3) is 0 Å². The first-order valence-corrected chi connectivity index (χ1v) is 11.0. The Morgan fingerprint density at radius 2 is 1.89 bits per heavy atom. The van der Waals surface area contributed by atoms with Crippen molar-refractivity contribution in [1.29, 1.82) is 0 Å². The highest BCUT2D eigenvalue weighted by Crippen LogP contribution is 2.74. The van der Waals surface area contributed by atoms with Gasteiger partial charge in [-0.3, -0.25) is 4.79 Å². The Morgan fingerprint density at radius 1 is 1.14 bits per heavy atom. The molecule has 2 saturated carbocycles. The predicted octanol–water partition coefficient (Wildman–Crippen LogP) is 5.20. The third-order valence-electron chi connectivity index (χ3n) is 8.61. The Bertz CT molecular complexity index is 777. The summed E-state index contributed by atoms with van der Waals surface area (Å²) in [7, 11) is 0. The monoisotopic (exact) mass is 382 g/mol. The van der Waals surface area contributed by atoms with Crippen LogP contribution in [0.25, 0.3) is 0 Å². The molecule has 1 aromatic carbocycles. The Hall–Kier alpha value is -1.61. The number of carbonyl (C=O) groups excluding carboxylic acids is 1. The number of hydrogen-bond acceptors (Lipinski definition) is 3. The number of aliphatic hydroxyl groups is 1. The van der Waals surface area contributed by atoms with Crippen molar-refractivity contribution in [2.24, 2.45) is 22.7 Å². The fourth-order valence-corrected chi connectivity index (χ4v) is 7.03. The standard InChI is InChI=1S/C25H34O3/c1-17-22-15-20-9-8-19(5-3-4-14-26)25(22,16-23(17)28)24(20,2)13-12-18-6-10-21(27)11-7-18/h6-7,10-11,19-20,26-27H,3-5,8-9,12-16H2,1-2H3/t19-,20+,24+,25+/m1/s1. The lowest BCUT2D eigenvalue weighted by molar-refractivity contribution is -0.121. The van der Waals surface area contributed by atoms with E-state index in [-0.39, 0.29) is 17.4 Å². The normalized spacial score (nSPS) is 34.2. The Balaban J connectivity index is 1.65. The average molecular weight is 383 g/mol. The quantitative estimate of drug-likeness (QED) is 0.637. The highest BCUT2D eigenvalue weighted by Gasteiger charge is 2.67. The Morgan fingerprint density at radius 3 is 2.61 bits per heavy atom. The van der Waals surface area contributed by atoms with Gasteiger partial charge in [-0.25, -0.2) is 0 Å². The summed E-state index contributed by atoms with van der Waals surface area (Å²) in [6, 6.07) is 7.61. The molecule has 4 atom stereocenters. The van der Waals surface area contributed by atoms with Crippen molar-refractivity contribution >= 4 is 5.78 Å². The van der Waals surface area contributed by atoms with Crippen LogP contribution in [0.2, 0.25) is 0 Å². The molecule has 3 heteroatoms. The first kappa shape index (κ1) is 19.7. The van der Waals surface area contributed by atoms with Crippen molar-refractivity contribution < 1.29 is 15.0 Å². The van der Waals surface area contributed by atoms with Crippen molar-refractivity contribution in [2.75, 3.05) is 6.61 Å². The van der Waals surface area contributed by atoms with E-state index in [0.29, 0.717) is 29.8 Å². The second kappa shape index (κ2) is 7.33. The van der Waals surface area contributed by atoms with E-state index in [4.69, 9.17) is 0 Å². The van der Waals surface area contributed by atoms with Crippen molar-refractivity contribution in [2.45, 2.75) is 71.6 Å². The molecule has 28 heavy (non-hydrogen) atoms. The number of aromatic hydroxyl groups is 1. The molecule has 0 aliphatic heterocycles. The van der Waals surface area contributed by atoms with Crippen LogP contribution in [-0.2, 0) is 11.2 Å². The van der Waals surface area contributed by atoms with Gasteiger partial charge in [-0.05, 0) is 92.4 Å². The number of fused-ring (bicyclic) bond motifs is 1. The second-order valence-corrected chi connectivity index (χ2v) is 9.65. The molecule has 1 spiro atoms. The first-order chi connectivity index (χ1) is 13.4. The van der Waals surface area contributed by atoms with E-state index in [1.165, 1.54) is 24.0 Å². The van der Waals surface area contributed by atoms with Crippen LogP contribution >= 0.6 is 0 Å². The summed E-state index contributed by atoms with van der Waals surface area (Å²) in [5.41, 5.74) is 4.03. The zero-order valence-electron chi connectivity index (χ0n) is 17.3. The van der Waals surface area contributed by atoms with Gasteiger partial charge in [0.05, 0.1) is 0 Å². The van der Waals surface area contributed by atoms with Gasteiger partial charge in [-0.2, -0.15) is 0 Å². The van der Waals surface area contributed by atoms with Crippen LogP contribution in [0.4, 0.5) is 0 Å². The molecule has 0 heterocycles. The van der Waals surface area contributed by atoms with Crippen LogP contribution < -0.4 is 0 Å². The number of benzene rings is 1. The van der Waals surface area contributed by atoms with Crippen molar-refractivity contribution in [1.82, 2.24) is 0 Å². The van der Waals surface area contributed by atoms with Gasteiger partial charge in [-0.15, -0.1) is 0 Å². The topological polar surface area (TPSA) is 57.5 Å². The van der Waals surface area contributed by atoms with Crippen LogP contribution in [0.5, 0.6) is 5.75 Å². The minimum Gasteiger partial charge on any atom is -0.508 e. The van der Waals surface area contributed by atoms with Crippen molar-refractivity contribution in [3.8, 4) is 5.75 Å². The summed E-state index contributed by atoms with van der Waals surface area (Å²) in [6.45, 7) is 4.80. The zero-order chi connectivity index (χ0) is 19.9. The third kappa shape index (κ3) is 2.85. The maximum Gasteiger partial charge on any atom is 0.159 e. The molecule has 4 rings (SSSR count). The largest absolute Gasteiger partial charge is 0.508 e. The molecular formula is C25H34O3. The van der Waals surface area contributed by atoms with Crippen LogP contribution in [0.15, 0.2) is 35.4 Å². The minimum absolute atomic E-state index is 0.0451. The third-order valence-corrected chi connectivity index (χ3v) is 8.61. The van der Waals surface area contributed by atoms with Crippen molar-refractivity contribution in [3.63, 3.8) is 0 Å². The molecule has 0 saturated heterocycles. The maximum atomic E-state index is 12.8. The van der Waals surface area contributed by atoms with E-state index in [1.54, 1.807) is 12.1 Å². The van der Waals surface area contributed by atoms with Gasteiger partial charge < -0.3 is 10.2 Å². The summed E-state index contributed by atoms with van der Waals surface area (Å²) in [5.74, 6) is 1.94. The van der Waals surface area contributed by atoms with Gasteiger partial charge in [0, 0.05) is 18.4 Å². The van der Waals surface area contributed by atoms with Gasteiger partial charge in [0.15, 0.2) is 5.78 Å². The van der Waals surface area contributed by atoms with Crippen LogP contribution in [0, 0.1) is 22.7 Å². The molecule has 0 radical (unpaired) electrons. The van der Waals surface area contributed by atoms with E-state index in [0.717, 1.165) is 44.1 Å². The number of unbranched alkanes of at least 4 members (excludes halogenated alkanes) is 1. The number of aliphatic hydroxyl groups excluding tert-OH is 1. The summed E-state index contributed by atoms with van der Waals surface area (Å²) in [6.07, 6.45) is 9.47. The van der Waals surface area contributed by atoms with E-state index in [1.807, 2.05) is 12.1 Å². The maximum absolute atomic E-state index is 12.8. The number of rotatable bonds is 7. The summed E-state index contributed by atoms with van der Waals surface area (Å²) < 4.78 is 0. The molecular weight excluding hydrogens is 348 g/mol. The molecule has 1 aromatic rings. The number of Topliss-reactive ketones (excluding diaryl/α,β-unsaturated/α-hetero) is 1. The highest BCUT2D eigenvalue weighted by atomic mass is 16.3. The van der Waals surface area contributed by atoms with Gasteiger partial charge in [0.1, 0.15) is 5.75 Å². The molecule has 2 bridgehead atoms. The second-order valence-electron chi connectivity index (χ2n) is 9.65. The van der Waals surface area contributed by atoms with Crippen LogP contribution in [0.1, 0.15) is 70.8 Å². The predicted molar refractivity (Wildman–Crippen MR) is 111 cm³/mol. The SMILES string of the molecule is CC1=C2C[C@@H]3CC[C@@H](CCCCO)[C@]2(CC1=O)[C@@]3(C)CCc1ccc(O)cc1. The number of ketones is 1. The molecule has 3 aliphatic rings. The van der Waals surface area contributed by atoms with E-state index in [9.17, 15) is 15.0 Å². The first-order valence-electron chi connectivity index (χ1n) is 11.0. The lowest BCUT2D eigenvalue weighted by atomic mass is 9.49. The molecule has 0 amide bonds. The summed E-state index contributed by atoms with van der Waals surface area (Å²) in [5, 5.41) is 18.8. The molecule has 0 unspecified atom stereocenters. The van der Waals surface area contributed by atoms with E-state index >= 15 is 0 Å². The number of hydrogen-bond donors (Lipinski definition) is 2. The fraction of sp³-hybridized carbons (Fsp3) is 0.640. The lowest BCUT2D eigenvalue weighted by Crippen LogP contribution is -2.48. The Kier molecular flexibility index (Phi) is 5.16. The minimum atomic E-state index is 0.0451. The average Bonchev–Trinajstić information content (AvgIpc) is 2.98. The highest BCUT2D eigenvalue weighted by molar-refractivity contribution is 6.00. The number of allylic oxidation sites excluding steroid dienone is 2. The number of phenols is 1. The van der Waals surface area contributed by atoms with Crippen molar-refractivity contribution in [3.05, 3.63) is 41.0 Å². The van der Waals surface area contributed by atoms with Crippen LogP contribution in [-0.4, -0.2) is 22.6 Å². The molecule has 2 N–H and O–H groups in total. The molecule has 3 nitrogen and oxygen atoms in total. The summed E-state index contributed by atoms with van der Waals surface area (Å²) >= 11 is 0. The molecule has 0 aromatic heterocycles.